The zero-order valence-corrected chi connectivity index (χ0v) is 13.9. The van der Waals surface area contributed by atoms with Gasteiger partial charge >= 0.3 is 0 Å². The van der Waals surface area contributed by atoms with Gasteiger partial charge in [-0.05, 0) is 31.0 Å². The van der Waals surface area contributed by atoms with E-state index in [1.54, 1.807) is 17.3 Å². The van der Waals surface area contributed by atoms with Crippen molar-refractivity contribution in [1.29, 1.82) is 0 Å². The second-order valence-electron chi connectivity index (χ2n) is 5.52. The highest BCUT2D eigenvalue weighted by Crippen LogP contribution is 2.29. The van der Waals surface area contributed by atoms with Crippen LogP contribution in [0.5, 0.6) is 0 Å². The molecule has 2 aromatic heterocycles. The highest BCUT2D eigenvalue weighted by molar-refractivity contribution is 6.33. The van der Waals surface area contributed by atoms with Crippen molar-refractivity contribution in [3.63, 3.8) is 0 Å². The van der Waals surface area contributed by atoms with Crippen molar-refractivity contribution in [2.24, 2.45) is 0 Å². The Hall–Kier alpha value is -2.47. The smallest absolute Gasteiger partial charge is 0.138 e. The summed E-state index contributed by atoms with van der Waals surface area (Å²) in [7, 11) is 0. The lowest BCUT2D eigenvalue weighted by atomic mass is 10.1. The van der Waals surface area contributed by atoms with Crippen molar-refractivity contribution in [2.75, 3.05) is 5.32 Å². The number of nitrogens with zero attached hydrogens (tertiary/aromatic N) is 5. The molecule has 118 valence electrons. The van der Waals surface area contributed by atoms with E-state index in [0.717, 1.165) is 28.5 Å². The summed E-state index contributed by atoms with van der Waals surface area (Å²) in [4.78, 5) is 12.6. The van der Waals surface area contributed by atoms with Crippen LogP contribution in [0.3, 0.4) is 0 Å². The van der Waals surface area contributed by atoms with E-state index < -0.39 is 0 Å². The lowest BCUT2D eigenvalue weighted by Gasteiger charge is -2.14. The van der Waals surface area contributed by atoms with Gasteiger partial charge in [-0.3, -0.25) is 0 Å². The first kappa shape index (κ1) is 15.4. The first-order chi connectivity index (χ1) is 11.1. The molecule has 0 unspecified atom stereocenters. The Morgan fingerprint density at radius 1 is 1.17 bits per heavy atom. The summed E-state index contributed by atoms with van der Waals surface area (Å²) in [5, 5.41) is 7.96. The van der Waals surface area contributed by atoms with Gasteiger partial charge in [0.15, 0.2) is 0 Å². The molecule has 0 amide bonds. The topological polar surface area (TPSA) is 68.5 Å². The summed E-state index contributed by atoms with van der Waals surface area (Å²) >= 11 is 6.38. The van der Waals surface area contributed by atoms with Crippen molar-refractivity contribution in [1.82, 2.24) is 24.7 Å². The van der Waals surface area contributed by atoms with Gasteiger partial charge in [-0.2, -0.15) is 5.10 Å². The van der Waals surface area contributed by atoms with Gasteiger partial charge in [-0.25, -0.2) is 19.6 Å². The van der Waals surface area contributed by atoms with E-state index in [0.29, 0.717) is 10.9 Å². The molecule has 0 radical (unpaired) electrons. The fraction of sp³-hybridized carbons (Fsp3) is 0.250. The van der Waals surface area contributed by atoms with Gasteiger partial charge < -0.3 is 5.32 Å². The molecule has 1 N–H and O–H groups in total. The van der Waals surface area contributed by atoms with Crippen LogP contribution >= 0.6 is 11.6 Å². The van der Waals surface area contributed by atoms with E-state index in [9.17, 15) is 0 Å². The van der Waals surface area contributed by atoms with Crippen LogP contribution in [-0.4, -0.2) is 24.7 Å². The minimum Gasteiger partial charge on any atom is -0.339 e. The molecule has 6 nitrogen and oxygen atoms in total. The molecule has 0 fully saturated rings. The molecule has 0 aliphatic carbocycles. The monoisotopic (exact) mass is 328 g/mol. The fourth-order valence-electron chi connectivity index (χ4n) is 2.39. The quantitative estimate of drug-likeness (QED) is 0.787. The summed E-state index contributed by atoms with van der Waals surface area (Å²) in [6, 6.07) is 5.65. The fourth-order valence-corrected chi connectivity index (χ4v) is 2.61. The normalized spacial score (nSPS) is 11.0. The van der Waals surface area contributed by atoms with Gasteiger partial charge in [0.25, 0.3) is 0 Å². The Labute approximate surface area is 139 Å². The summed E-state index contributed by atoms with van der Waals surface area (Å²) in [5.41, 5.74) is 3.68. The molecule has 3 rings (SSSR count). The number of hydrogen-bond donors (Lipinski definition) is 1. The minimum atomic E-state index is 0.337. The van der Waals surface area contributed by atoms with Gasteiger partial charge in [-0.15, -0.1) is 0 Å². The molecule has 0 saturated heterocycles. The number of anilines is 2. The van der Waals surface area contributed by atoms with Crippen LogP contribution in [0.25, 0.3) is 5.69 Å². The summed E-state index contributed by atoms with van der Waals surface area (Å²) in [5.74, 6) is 1.10. The largest absolute Gasteiger partial charge is 0.339 e. The van der Waals surface area contributed by atoms with Crippen LogP contribution < -0.4 is 5.32 Å². The lowest BCUT2D eigenvalue weighted by Crippen LogP contribution is -2.04. The third-order valence-electron chi connectivity index (χ3n) is 3.56. The highest BCUT2D eigenvalue weighted by atomic mass is 35.5. The van der Waals surface area contributed by atoms with Crippen LogP contribution in [0, 0.1) is 6.92 Å². The average Bonchev–Trinajstić information content (AvgIpc) is 3.05. The van der Waals surface area contributed by atoms with E-state index in [1.165, 1.54) is 6.33 Å². The summed E-state index contributed by atoms with van der Waals surface area (Å²) in [6.07, 6.45) is 4.68. The molecule has 2 heterocycles. The van der Waals surface area contributed by atoms with Gasteiger partial charge in [0.05, 0.1) is 22.1 Å². The standard InChI is InChI=1S/C16H17ClN6/c1-10(2)15-11(3)16(20-8-19-15)22-14-5-4-12(6-13(14)17)23-9-18-7-21-23/h4-10H,1-3H3,(H,19,20,22). The van der Waals surface area contributed by atoms with Crippen molar-refractivity contribution < 1.29 is 0 Å². The third-order valence-corrected chi connectivity index (χ3v) is 3.87. The number of rotatable bonds is 4. The predicted octanol–water partition coefficient (Wildman–Crippen LogP) is 3.89. The Kier molecular flexibility index (Phi) is 4.25. The highest BCUT2D eigenvalue weighted by Gasteiger charge is 2.12. The van der Waals surface area contributed by atoms with Crippen molar-refractivity contribution in [3.05, 3.63) is 53.5 Å². The van der Waals surface area contributed by atoms with Crippen LogP contribution in [0.2, 0.25) is 5.02 Å². The number of hydrogen-bond acceptors (Lipinski definition) is 5. The molecule has 0 atom stereocenters. The van der Waals surface area contributed by atoms with Gasteiger partial charge in [0.1, 0.15) is 24.8 Å². The molecule has 0 aliphatic heterocycles. The van der Waals surface area contributed by atoms with Crippen LogP contribution in [0.15, 0.2) is 37.2 Å². The molecule has 0 spiro atoms. The lowest BCUT2D eigenvalue weighted by molar-refractivity contribution is 0.803. The number of benzene rings is 1. The van der Waals surface area contributed by atoms with E-state index in [2.05, 4.69) is 39.2 Å². The Bertz CT molecular complexity index is 813. The van der Waals surface area contributed by atoms with Crippen molar-refractivity contribution >= 4 is 23.1 Å². The van der Waals surface area contributed by atoms with Crippen molar-refractivity contribution in [3.8, 4) is 5.69 Å². The van der Waals surface area contributed by atoms with Gasteiger partial charge in [0, 0.05) is 5.56 Å². The summed E-state index contributed by atoms with van der Waals surface area (Å²) in [6.45, 7) is 6.23. The minimum absolute atomic E-state index is 0.337. The SMILES string of the molecule is Cc1c(Nc2ccc(-n3cncn3)cc2Cl)ncnc1C(C)C. The number of halogens is 1. The maximum absolute atomic E-state index is 6.38. The first-order valence-corrected chi connectivity index (χ1v) is 7.67. The van der Waals surface area contributed by atoms with Crippen LogP contribution in [0.1, 0.15) is 31.0 Å². The van der Waals surface area contributed by atoms with Gasteiger partial charge in [-0.1, -0.05) is 25.4 Å². The predicted molar refractivity (Wildman–Crippen MR) is 90.5 cm³/mol. The maximum atomic E-state index is 6.38. The third kappa shape index (κ3) is 3.17. The number of nitrogens with one attached hydrogen (secondary N) is 1. The molecular weight excluding hydrogens is 312 g/mol. The zero-order chi connectivity index (χ0) is 16.4. The maximum Gasteiger partial charge on any atom is 0.138 e. The molecule has 0 saturated carbocycles. The van der Waals surface area contributed by atoms with E-state index in [1.807, 2.05) is 25.1 Å². The van der Waals surface area contributed by atoms with E-state index >= 15 is 0 Å². The number of aromatic nitrogens is 5. The molecule has 3 aromatic rings. The van der Waals surface area contributed by atoms with Crippen LogP contribution in [0.4, 0.5) is 11.5 Å². The second kappa shape index (κ2) is 6.34. The molecular formula is C16H17ClN6. The molecule has 1 aromatic carbocycles. The van der Waals surface area contributed by atoms with Gasteiger partial charge in [0.2, 0.25) is 0 Å². The Morgan fingerprint density at radius 3 is 2.65 bits per heavy atom. The second-order valence-corrected chi connectivity index (χ2v) is 5.92. The zero-order valence-electron chi connectivity index (χ0n) is 13.2. The Morgan fingerprint density at radius 2 is 2.00 bits per heavy atom. The summed E-state index contributed by atoms with van der Waals surface area (Å²) < 4.78 is 1.66. The molecule has 23 heavy (non-hydrogen) atoms. The first-order valence-electron chi connectivity index (χ1n) is 7.29. The van der Waals surface area contributed by atoms with Crippen LogP contribution in [-0.2, 0) is 0 Å². The Balaban J connectivity index is 1.91. The van der Waals surface area contributed by atoms with E-state index in [4.69, 9.17) is 11.6 Å². The molecule has 7 heteroatoms. The molecule has 0 aliphatic rings. The average molecular weight is 329 g/mol. The molecule has 0 bridgehead atoms. The van der Waals surface area contributed by atoms with Crippen molar-refractivity contribution in [2.45, 2.75) is 26.7 Å². The van der Waals surface area contributed by atoms with E-state index in [-0.39, 0.29) is 0 Å².